The molecule has 0 aliphatic heterocycles. The summed E-state index contributed by atoms with van der Waals surface area (Å²) in [5.74, 6) is 0. The van der Waals surface area contributed by atoms with Gasteiger partial charge in [0.1, 0.15) is 4.75 Å². The SMILES string of the molecule is C=C(C)[C@@H](N[S@+]([O-])C(C)(C)C)C1(C)CC1. The maximum Gasteiger partial charge on any atom is 0.136 e. The quantitative estimate of drug-likeness (QED) is 0.594. The second-order valence-corrected chi connectivity index (χ2v) is 7.93. The molecular formula is C12H23NOS. The van der Waals surface area contributed by atoms with Gasteiger partial charge in [-0.25, -0.2) is 0 Å². The summed E-state index contributed by atoms with van der Waals surface area (Å²) in [4.78, 5) is 0. The highest BCUT2D eigenvalue weighted by molar-refractivity contribution is 7.90. The van der Waals surface area contributed by atoms with Crippen LogP contribution in [-0.2, 0) is 11.4 Å². The summed E-state index contributed by atoms with van der Waals surface area (Å²) in [7, 11) is 0. The highest BCUT2D eigenvalue weighted by Crippen LogP contribution is 2.50. The Kier molecular flexibility index (Phi) is 3.59. The van der Waals surface area contributed by atoms with Gasteiger partial charge in [0, 0.05) is 11.4 Å². The van der Waals surface area contributed by atoms with Crippen molar-refractivity contribution in [3.05, 3.63) is 12.2 Å². The Labute approximate surface area is 96.8 Å². The summed E-state index contributed by atoms with van der Waals surface area (Å²) in [6.07, 6.45) is 2.41. The maximum absolute atomic E-state index is 12.0. The molecule has 0 aromatic carbocycles. The summed E-state index contributed by atoms with van der Waals surface area (Å²) >= 11 is -1.01. The van der Waals surface area contributed by atoms with Gasteiger partial charge in [0.15, 0.2) is 0 Å². The van der Waals surface area contributed by atoms with Crippen LogP contribution in [0.2, 0.25) is 0 Å². The molecule has 1 rings (SSSR count). The first-order chi connectivity index (χ1) is 6.67. The largest absolute Gasteiger partial charge is 0.598 e. The van der Waals surface area contributed by atoms with Crippen LogP contribution in [0.4, 0.5) is 0 Å². The van der Waals surface area contributed by atoms with Gasteiger partial charge in [-0.3, -0.25) is 0 Å². The van der Waals surface area contributed by atoms with E-state index in [2.05, 4.69) is 18.2 Å². The Balaban J connectivity index is 2.64. The number of rotatable bonds is 4. The lowest BCUT2D eigenvalue weighted by Crippen LogP contribution is -2.48. The standard InChI is InChI=1S/C12H23NOS/c1-9(2)10(12(6)7-8-12)13-15(14)11(3,4)5/h10,13H,1,7-8H2,2-6H3/t10-,15-/m1/s1. The van der Waals surface area contributed by atoms with Crippen LogP contribution in [0.5, 0.6) is 0 Å². The lowest BCUT2D eigenvalue weighted by Gasteiger charge is -2.31. The van der Waals surface area contributed by atoms with Crippen LogP contribution in [0.15, 0.2) is 12.2 Å². The van der Waals surface area contributed by atoms with E-state index >= 15 is 0 Å². The Morgan fingerprint density at radius 2 is 1.93 bits per heavy atom. The molecule has 1 aliphatic rings. The Morgan fingerprint density at radius 1 is 1.47 bits per heavy atom. The monoisotopic (exact) mass is 229 g/mol. The van der Waals surface area contributed by atoms with Crippen LogP contribution in [0, 0.1) is 5.41 Å². The first-order valence-corrected chi connectivity index (χ1v) is 6.65. The molecule has 0 heterocycles. The van der Waals surface area contributed by atoms with E-state index in [9.17, 15) is 4.55 Å². The van der Waals surface area contributed by atoms with Crippen molar-refractivity contribution in [1.82, 2.24) is 4.72 Å². The predicted molar refractivity (Wildman–Crippen MR) is 67.0 cm³/mol. The zero-order valence-corrected chi connectivity index (χ0v) is 11.3. The first-order valence-electron chi connectivity index (χ1n) is 5.50. The van der Waals surface area contributed by atoms with E-state index in [1.165, 1.54) is 12.8 Å². The molecule has 0 bridgehead atoms. The summed E-state index contributed by atoms with van der Waals surface area (Å²) in [5, 5.41) is 0. The zero-order chi connectivity index (χ0) is 11.9. The molecule has 0 amide bonds. The molecule has 1 aliphatic carbocycles. The fraction of sp³-hybridized carbons (Fsp3) is 0.833. The van der Waals surface area contributed by atoms with Crippen molar-refractivity contribution >= 4 is 11.4 Å². The van der Waals surface area contributed by atoms with Crippen LogP contribution < -0.4 is 4.72 Å². The number of hydrogen-bond donors (Lipinski definition) is 1. The number of nitrogens with one attached hydrogen (secondary N) is 1. The van der Waals surface area contributed by atoms with Crippen molar-refractivity contribution in [2.75, 3.05) is 0 Å². The van der Waals surface area contributed by atoms with Crippen LogP contribution in [0.1, 0.15) is 47.5 Å². The molecule has 0 unspecified atom stereocenters. The Hall–Kier alpha value is 0.01000. The van der Waals surface area contributed by atoms with E-state index in [1.54, 1.807) is 0 Å². The minimum absolute atomic E-state index is 0.192. The zero-order valence-electron chi connectivity index (χ0n) is 10.5. The highest BCUT2D eigenvalue weighted by Gasteiger charge is 2.48. The van der Waals surface area contributed by atoms with Crippen LogP contribution in [0.3, 0.4) is 0 Å². The average molecular weight is 229 g/mol. The summed E-state index contributed by atoms with van der Waals surface area (Å²) in [6.45, 7) is 14.2. The molecule has 2 nitrogen and oxygen atoms in total. The van der Waals surface area contributed by atoms with Gasteiger partial charge < -0.3 is 4.55 Å². The van der Waals surface area contributed by atoms with Gasteiger partial charge >= 0.3 is 0 Å². The molecule has 1 N–H and O–H groups in total. The smallest absolute Gasteiger partial charge is 0.136 e. The summed E-state index contributed by atoms with van der Waals surface area (Å²) in [5.41, 5.74) is 1.37. The van der Waals surface area contributed by atoms with Crippen molar-refractivity contribution in [1.29, 1.82) is 0 Å². The Bertz CT molecular complexity index is 253. The number of hydrogen-bond acceptors (Lipinski definition) is 2. The second-order valence-electron chi connectivity index (χ2n) is 5.93. The molecule has 0 saturated heterocycles. The van der Waals surface area contributed by atoms with Gasteiger partial charge in [0.25, 0.3) is 0 Å². The molecule has 0 aromatic heterocycles. The summed E-state index contributed by atoms with van der Waals surface area (Å²) < 4.78 is 15.0. The van der Waals surface area contributed by atoms with Gasteiger partial charge in [0.05, 0.1) is 6.04 Å². The van der Waals surface area contributed by atoms with Crippen LogP contribution >= 0.6 is 0 Å². The minimum Gasteiger partial charge on any atom is -0.598 e. The van der Waals surface area contributed by atoms with E-state index in [0.29, 0.717) is 0 Å². The molecule has 3 heteroatoms. The molecule has 0 spiro atoms. The molecule has 2 atom stereocenters. The normalized spacial score (nSPS) is 23.3. The molecule has 88 valence electrons. The maximum atomic E-state index is 12.0. The van der Waals surface area contributed by atoms with E-state index in [-0.39, 0.29) is 16.2 Å². The van der Waals surface area contributed by atoms with Crippen molar-refractivity contribution < 1.29 is 4.55 Å². The fourth-order valence-electron chi connectivity index (χ4n) is 1.61. The third kappa shape index (κ3) is 3.23. The lowest BCUT2D eigenvalue weighted by atomic mass is 9.94. The molecule has 1 saturated carbocycles. The Morgan fingerprint density at radius 3 is 2.20 bits per heavy atom. The van der Waals surface area contributed by atoms with Crippen molar-refractivity contribution in [3.63, 3.8) is 0 Å². The molecule has 15 heavy (non-hydrogen) atoms. The van der Waals surface area contributed by atoms with Crippen molar-refractivity contribution in [3.8, 4) is 0 Å². The molecule has 0 aromatic rings. The molecule has 0 radical (unpaired) electrons. The predicted octanol–water partition coefficient (Wildman–Crippen LogP) is 2.78. The third-order valence-corrected chi connectivity index (χ3v) is 4.57. The van der Waals surface area contributed by atoms with E-state index < -0.39 is 11.4 Å². The lowest BCUT2D eigenvalue weighted by molar-refractivity contribution is 0.437. The summed E-state index contributed by atoms with van der Waals surface area (Å²) in [6, 6.07) is 0.192. The second kappa shape index (κ2) is 4.11. The van der Waals surface area contributed by atoms with Gasteiger partial charge in [-0.15, -0.1) is 4.72 Å². The highest BCUT2D eigenvalue weighted by atomic mass is 32.2. The third-order valence-electron chi connectivity index (χ3n) is 3.01. The van der Waals surface area contributed by atoms with Crippen LogP contribution in [0.25, 0.3) is 0 Å². The van der Waals surface area contributed by atoms with Gasteiger partial charge in [-0.05, 0) is 46.0 Å². The molecular weight excluding hydrogens is 206 g/mol. The van der Waals surface area contributed by atoms with Gasteiger partial charge in [-0.2, -0.15) is 0 Å². The fourth-order valence-corrected chi connectivity index (χ4v) is 2.66. The van der Waals surface area contributed by atoms with E-state index in [1.807, 2.05) is 27.7 Å². The van der Waals surface area contributed by atoms with Gasteiger partial charge in [-0.1, -0.05) is 19.1 Å². The first kappa shape index (κ1) is 13.1. The van der Waals surface area contributed by atoms with Gasteiger partial charge in [0.2, 0.25) is 0 Å². The van der Waals surface area contributed by atoms with E-state index in [0.717, 1.165) is 5.57 Å². The average Bonchev–Trinajstić information content (AvgIpc) is 2.77. The van der Waals surface area contributed by atoms with E-state index in [4.69, 9.17) is 0 Å². The van der Waals surface area contributed by atoms with Crippen molar-refractivity contribution in [2.45, 2.75) is 58.2 Å². The molecule has 1 fully saturated rings. The minimum atomic E-state index is -1.01. The topological polar surface area (TPSA) is 35.1 Å². The van der Waals surface area contributed by atoms with Crippen molar-refractivity contribution in [2.24, 2.45) is 5.41 Å². The van der Waals surface area contributed by atoms with Crippen LogP contribution in [-0.4, -0.2) is 15.3 Å².